The van der Waals surface area contributed by atoms with Gasteiger partial charge in [0.25, 0.3) is 5.91 Å². The summed E-state index contributed by atoms with van der Waals surface area (Å²) in [7, 11) is 0. The first-order valence-electron chi connectivity index (χ1n) is 6.42. The Kier molecular flexibility index (Phi) is 5.82. The number of rotatable bonds is 5. The molecule has 22 heavy (non-hydrogen) atoms. The van der Waals surface area contributed by atoms with Gasteiger partial charge < -0.3 is 10.4 Å². The number of halogens is 4. The Morgan fingerprint density at radius 1 is 1.32 bits per heavy atom. The van der Waals surface area contributed by atoms with E-state index < -0.39 is 35.2 Å². The first-order valence-corrected chi connectivity index (χ1v) is 6.80. The number of hydrogen-bond acceptors (Lipinski definition) is 2. The second-order valence-electron chi connectivity index (χ2n) is 5.18. The molecule has 1 amide bonds. The molecule has 0 radical (unpaired) electrons. The van der Waals surface area contributed by atoms with E-state index in [1.807, 2.05) is 0 Å². The summed E-state index contributed by atoms with van der Waals surface area (Å²) in [6.07, 6.45) is -4.66. The van der Waals surface area contributed by atoms with Gasteiger partial charge in [-0.2, -0.15) is 13.2 Å². The molecule has 0 aliphatic rings. The minimum atomic E-state index is -4.77. The van der Waals surface area contributed by atoms with Crippen molar-refractivity contribution >= 4 is 23.5 Å². The molecule has 0 bridgehead atoms. The molecule has 0 fully saturated rings. The number of nitrogens with one attached hydrogen (secondary N) is 1. The van der Waals surface area contributed by atoms with Crippen LogP contribution in [0.15, 0.2) is 18.2 Å². The predicted octanol–water partition coefficient (Wildman–Crippen LogP) is 3.59. The molecular weight excluding hydrogens is 323 g/mol. The van der Waals surface area contributed by atoms with Gasteiger partial charge >= 0.3 is 12.1 Å². The molecule has 0 spiro atoms. The van der Waals surface area contributed by atoms with E-state index in [9.17, 15) is 22.8 Å². The van der Waals surface area contributed by atoms with Gasteiger partial charge in [0.2, 0.25) is 0 Å². The lowest BCUT2D eigenvalue weighted by atomic mass is 10.0. The van der Waals surface area contributed by atoms with Crippen molar-refractivity contribution in [3.05, 3.63) is 34.3 Å². The van der Waals surface area contributed by atoms with Gasteiger partial charge in [0.1, 0.15) is 6.04 Å². The summed E-state index contributed by atoms with van der Waals surface area (Å²) in [4.78, 5) is 23.1. The van der Waals surface area contributed by atoms with Crippen LogP contribution in [0, 0.1) is 5.92 Å². The van der Waals surface area contributed by atoms with Crippen molar-refractivity contribution in [1.82, 2.24) is 5.32 Å². The van der Waals surface area contributed by atoms with Crippen LogP contribution in [-0.2, 0) is 11.0 Å². The predicted molar refractivity (Wildman–Crippen MR) is 74.8 cm³/mol. The summed E-state index contributed by atoms with van der Waals surface area (Å²) in [5.41, 5.74) is -1.86. The number of carbonyl (C=O) groups excluding carboxylic acids is 1. The summed E-state index contributed by atoms with van der Waals surface area (Å²) >= 11 is 5.53. The molecule has 0 heterocycles. The SMILES string of the molecule is CC(C)C[C@@H](NC(=O)c1ccc(Cl)cc1C(F)(F)F)C(=O)O. The van der Waals surface area contributed by atoms with Gasteiger partial charge in [0, 0.05) is 5.02 Å². The molecule has 0 saturated carbocycles. The normalized spacial score (nSPS) is 13.0. The van der Waals surface area contributed by atoms with Crippen molar-refractivity contribution in [2.75, 3.05) is 0 Å². The molecule has 8 heteroatoms. The van der Waals surface area contributed by atoms with E-state index in [0.717, 1.165) is 12.1 Å². The number of carboxylic acid groups (broad SMARTS) is 1. The Morgan fingerprint density at radius 3 is 2.36 bits per heavy atom. The van der Waals surface area contributed by atoms with Crippen molar-refractivity contribution in [3.63, 3.8) is 0 Å². The van der Waals surface area contributed by atoms with Crippen LogP contribution in [-0.4, -0.2) is 23.0 Å². The van der Waals surface area contributed by atoms with Crippen molar-refractivity contribution in [2.45, 2.75) is 32.5 Å². The molecule has 1 aromatic carbocycles. The topological polar surface area (TPSA) is 66.4 Å². The number of hydrogen-bond donors (Lipinski definition) is 2. The lowest BCUT2D eigenvalue weighted by Gasteiger charge is -2.18. The number of aliphatic carboxylic acids is 1. The molecule has 122 valence electrons. The van der Waals surface area contributed by atoms with E-state index in [1.165, 1.54) is 0 Å². The van der Waals surface area contributed by atoms with Crippen LogP contribution >= 0.6 is 11.6 Å². The van der Waals surface area contributed by atoms with Crippen LogP contribution < -0.4 is 5.32 Å². The molecule has 1 atom stereocenters. The van der Waals surface area contributed by atoms with Crippen LogP contribution in [0.3, 0.4) is 0 Å². The largest absolute Gasteiger partial charge is 0.480 e. The van der Waals surface area contributed by atoms with Crippen molar-refractivity contribution in [2.24, 2.45) is 5.92 Å². The Hall–Kier alpha value is -1.76. The molecule has 4 nitrogen and oxygen atoms in total. The Bertz CT molecular complexity index is 573. The summed E-state index contributed by atoms with van der Waals surface area (Å²) in [5.74, 6) is -2.45. The number of benzene rings is 1. The zero-order chi connectivity index (χ0) is 17.1. The van der Waals surface area contributed by atoms with Crippen LogP contribution in [0.2, 0.25) is 5.02 Å². The minimum absolute atomic E-state index is 0.0475. The fourth-order valence-corrected chi connectivity index (χ4v) is 2.05. The average Bonchev–Trinajstić information content (AvgIpc) is 2.35. The fourth-order valence-electron chi connectivity index (χ4n) is 1.88. The summed E-state index contributed by atoms with van der Waals surface area (Å²) in [5, 5.41) is 11.0. The van der Waals surface area contributed by atoms with Crippen molar-refractivity contribution < 1.29 is 27.9 Å². The minimum Gasteiger partial charge on any atom is -0.480 e. The number of alkyl halides is 3. The van der Waals surface area contributed by atoms with Gasteiger partial charge in [-0.15, -0.1) is 0 Å². The van der Waals surface area contributed by atoms with E-state index in [-0.39, 0.29) is 17.4 Å². The van der Waals surface area contributed by atoms with Gasteiger partial charge in [-0.1, -0.05) is 25.4 Å². The lowest BCUT2D eigenvalue weighted by molar-refractivity contribution is -0.139. The van der Waals surface area contributed by atoms with E-state index in [2.05, 4.69) is 5.32 Å². The van der Waals surface area contributed by atoms with Crippen LogP contribution in [0.1, 0.15) is 36.2 Å². The standard InChI is InChI=1S/C14H15ClF3NO3/c1-7(2)5-11(13(21)22)19-12(20)9-4-3-8(15)6-10(9)14(16,17)18/h3-4,6-7,11H,5H2,1-2H3,(H,19,20)(H,21,22)/t11-/m1/s1. The number of amides is 1. The van der Waals surface area contributed by atoms with E-state index in [1.54, 1.807) is 13.8 Å². The third kappa shape index (κ3) is 4.91. The first-order chi connectivity index (χ1) is 10.0. The zero-order valence-electron chi connectivity index (χ0n) is 11.9. The lowest BCUT2D eigenvalue weighted by Crippen LogP contribution is -2.42. The molecule has 1 aromatic rings. The Labute approximate surface area is 130 Å². The number of carboxylic acids is 1. The molecular formula is C14H15ClF3NO3. The molecule has 1 rings (SSSR count). The molecule has 0 aliphatic heterocycles. The summed E-state index contributed by atoms with van der Waals surface area (Å²) < 4.78 is 38.8. The molecule has 2 N–H and O–H groups in total. The van der Waals surface area contributed by atoms with Gasteiger partial charge in [-0.25, -0.2) is 4.79 Å². The molecule has 0 saturated heterocycles. The maximum Gasteiger partial charge on any atom is 0.417 e. The van der Waals surface area contributed by atoms with Gasteiger partial charge in [-0.05, 0) is 30.5 Å². The fraction of sp³-hybridized carbons (Fsp3) is 0.429. The molecule has 0 aliphatic carbocycles. The first kappa shape index (κ1) is 18.3. The smallest absolute Gasteiger partial charge is 0.417 e. The average molecular weight is 338 g/mol. The second-order valence-corrected chi connectivity index (χ2v) is 5.62. The van der Waals surface area contributed by atoms with Crippen LogP contribution in [0.25, 0.3) is 0 Å². The summed E-state index contributed by atoms with van der Waals surface area (Å²) in [6, 6.07) is 1.44. The quantitative estimate of drug-likeness (QED) is 0.863. The summed E-state index contributed by atoms with van der Waals surface area (Å²) in [6.45, 7) is 3.48. The maximum absolute atomic E-state index is 12.9. The van der Waals surface area contributed by atoms with Crippen molar-refractivity contribution in [3.8, 4) is 0 Å². The van der Waals surface area contributed by atoms with E-state index in [0.29, 0.717) is 6.07 Å². The van der Waals surface area contributed by atoms with Crippen molar-refractivity contribution in [1.29, 1.82) is 0 Å². The second kappa shape index (κ2) is 7.00. The molecule has 0 aromatic heterocycles. The van der Waals surface area contributed by atoms with E-state index in [4.69, 9.17) is 16.7 Å². The monoisotopic (exact) mass is 337 g/mol. The maximum atomic E-state index is 12.9. The van der Waals surface area contributed by atoms with E-state index >= 15 is 0 Å². The Morgan fingerprint density at radius 2 is 1.91 bits per heavy atom. The highest BCUT2D eigenvalue weighted by atomic mass is 35.5. The van der Waals surface area contributed by atoms with Crippen LogP contribution in [0.5, 0.6) is 0 Å². The number of carbonyl (C=O) groups is 2. The Balaban J connectivity index is 3.10. The highest BCUT2D eigenvalue weighted by molar-refractivity contribution is 6.30. The van der Waals surface area contributed by atoms with Gasteiger partial charge in [0.15, 0.2) is 0 Å². The highest BCUT2D eigenvalue weighted by Gasteiger charge is 2.36. The zero-order valence-corrected chi connectivity index (χ0v) is 12.6. The third-order valence-electron chi connectivity index (χ3n) is 2.84. The van der Waals surface area contributed by atoms with Gasteiger partial charge in [-0.3, -0.25) is 4.79 Å². The molecule has 0 unspecified atom stereocenters. The third-order valence-corrected chi connectivity index (χ3v) is 3.08. The highest BCUT2D eigenvalue weighted by Crippen LogP contribution is 2.33. The van der Waals surface area contributed by atoms with Gasteiger partial charge in [0.05, 0.1) is 11.1 Å². The van der Waals surface area contributed by atoms with Crippen LogP contribution in [0.4, 0.5) is 13.2 Å².